The second kappa shape index (κ2) is 15.5. The highest BCUT2D eigenvalue weighted by Gasteiger charge is 2.35. The van der Waals surface area contributed by atoms with Crippen molar-refractivity contribution in [1.29, 1.82) is 0 Å². The van der Waals surface area contributed by atoms with Crippen molar-refractivity contribution in [2.75, 3.05) is 46.3 Å². The maximum atomic E-state index is 13.6. The molecule has 3 N–H and O–H groups in total. The number of hydrazine groups is 1. The van der Waals surface area contributed by atoms with Gasteiger partial charge in [-0.2, -0.15) is 0 Å². The van der Waals surface area contributed by atoms with Crippen LogP contribution in [-0.2, 0) is 14.4 Å². The number of benzene rings is 1. The van der Waals surface area contributed by atoms with Crippen LogP contribution in [0.15, 0.2) is 36.4 Å². The Kier molecular flexibility index (Phi) is 12.8. The lowest BCUT2D eigenvalue weighted by molar-refractivity contribution is -0.148. The van der Waals surface area contributed by atoms with Gasteiger partial charge in [-0.1, -0.05) is 70.2 Å². The molecule has 1 heterocycles. The van der Waals surface area contributed by atoms with Crippen molar-refractivity contribution in [2.24, 2.45) is 23.7 Å². The quantitative estimate of drug-likeness (QED) is 0.292. The number of piperazine rings is 1. The fraction of sp³-hybridized carbons (Fsp3) is 0.607. The van der Waals surface area contributed by atoms with E-state index in [0.717, 1.165) is 31.7 Å². The van der Waals surface area contributed by atoms with Crippen LogP contribution in [0.4, 0.5) is 0 Å². The second-order valence-electron chi connectivity index (χ2n) is 10.8. The van der Waals surface area contributed by atoms with Crippen molar-refractivity contribution in [2.45, 2.75) is 40.5 Å². The van der Waals surface area contributed by atoms with Crippen molar-refractivity contribution in [3.8, 4) is 0 Å². The van der Waals surface area contributed by atoms with Gasteiger partial charge in [-0.15, -0.1) is 0 Å². The first-order valence-electron chi connectivity index (χ1n) is 13.3. The largest absolute Gasteiger partial charge is 0.304 e. The van der Waals surface area contributed by atoms with E-state index in [1.807, 2.05) is 70.2 Å². The predicted molar refractivity (Wildman–Crippen MR) is 145 cm³/mol. The van der Waals surface area contributed by atoms with Crippen LogP contribution in [0.2, 0.25) is 0 Å². The number of nitrogens with zero attached hydrogens (tertiary/aromatic N) is 3. The van der Waals surface area contributed by atoms with Gasteiger partial charge >= 0.3 is 0 Å². The van der Waals surface area contributed by atoms with Gasteiger partial charge in [0.15, 0.2) is 0 Å². The molecule has 0 saturated carbocycles. The Bertz CT molecular complexity index is 882. The number of hydrogen-bond donors (Lipinski definition) is 3. The lowest BCUT2D eigenvalue weighted by atomic mass is 9.82. The van der Waals surface area contributed by atoms with Gasteiger partial charge in [0.05, 0.1) is 18.4 Å². The maximum Gasteiger partial charge on any atom is 0.255 e. The van der Waals surface area contributed by atoms with E-state index >= 15 is 0 Å². The van der Waals surface area contributed by atoms with Crippen LogP contribution in [-0.4, -0.2) is 84.1 Å². The summed E-state index contributed by atoms with van der Waals surface area (Å²) in [6.07, 6.45) is 4.45. The SMILES string of the molecule is CC(C)C[C@@H](C(=O)NN(CC(C)C)C(=O)CN1CCN(C)CC1)[C@H](C/C=C/c1ccccc1)C(=O)NO. The molecule has 3 amide bonds. The van der Waals surface area contributed by atoms with Gasteiger partial charge in [0, 0.05) is 32.7 Å². The average Bonchev–Trinajstić information content (AvgIpc) is 2.86. The topological polar surface area (TPSA) is 105 Å². The highest BCUT2D eigenvalue weighted by molar-refractivity contribution is 5.89. The zero-order valence-electron chi connectivity index (χ0n) is 23.0. The Balaban J connectivity index is 2.19. The smallest absolute Gasteiger partial charge is 0.255 e. The Morgan fingerprint density at radius 1 is 0.973 bits per heavy atom. The number of rotatable bonds is 12. The maximum absolute atomic E-state index is 13.6. The minimum absolute atomic E-state index is 0.127. The molecule has 1 aliphatic rings. The van der Waals surface area contributed by atoms with E-state index in [2.05, 4.69) is 22.3 Å². The van der Waals surface area contributed by atoms with E-state index in [-0.39, 0.29) is 36.6 Å². The Labute approximate surface area is 221 Å². The summed E-state index contributed by atoms with van der Waals surface area (Å²) in [4.78, 5) is 43.8. The fourth-order valence-electron chi connectivity index (χ4n) is 4.49. The van der Waals surface area contributed by atoms with Gasteiger partial charge in [-0.05, 0) is 37.3 Å². The zero-order valence-corrected chi connectivity index (χ0v) is 23.0. The third-order valence-corrected chi connectivity index (χ3v) is 6.54. The van der Waals surface area contributed by atoms with E-state index in [1.165, 1.54) is 5.01 Å². The Morgan fingerprint density at radius 2 is 1.62 bits per heavy atom. The Morgan fingerprint density at radius 3 is 2.19 bits per heavy atom. The molecule has 9 heteroatoms. The average molecular weight is 516 g/mol. The molecule has 9 nitrogen and oxygen atoms in total. The molecule has 1 aliphatic heterocycles. The summed E-state index contributed by atoms with van der Waals surface area (Å²) >= 11 is 0. The number of amides is 3. The van der Waals surface area contributed by atoms with Gasteiger partial charge in [0.2, 0.25) is 11.8 Å². The number of carbonyl (C=O) groups excluding carboxylic acids is 3. The fourth-order valence-corrected chi connectivity index (χ4v) is 4.49. The van der Waals surface area contributed by atoms with Gasteiger partial charge in [0.25, 0.3) is 5.91 Å². The summed E-state index contributed by atoms with van der Waals surface area (Å²) in [6.45, 7) is 11.9. The van der Waals surface area contributed by atoms with Crippen LogP contribution in [0.3, 0.4) is 0 Å². The first kappa shape index (κ1) is 30.5. The summed E-state index contributed by atoms with van der Waals surface area (Å²) < 4.78 is 0. The van der Waals surface area contributed by atoms with Crippen molar-refractivity contribution >= 4 is 23.8 Å². The van der Waals surface area contributed by atoms with Crippen molar-refractivity contribution in [3.05, 3.63) is 42.0 Å². The number of allylic oxidation sites excluding steroid dienone is 1. The zero-order chi connectivity index (χ0) is 27.4. The number of nitrogens with one attached hydrogen (secondary N) is 2. The molecular formula is C28H45N5O4. The number of likely N-dealkylation sites (N-methyl/N-ethyl adjacent to an activating group) is 1. The van der Waals surface area contributed by atoms with Gasteiger partial charge in [-0.3, -0.25) is 34.9 Å². The molecule has 0 unspecified atom stereocenters. The summed E-state index contributed by atoms with van der Waals surface area (Å²) in [6, 6.07) is 9.68. The molecule has 1 aromatic carbocycles. The molecule has 1 saturated heterocycles. The van der Waals surface area contributed by atoms with Crippen LogP contribution >= 0.6 is 0 Å². The van der Waals surface area contributed by atoms with E-state index in [4.69, 9.17) is 0 Å². The van der Waals surface area contributed by atoms with Gasteiger partial charge < -0.3 is 4.90 Å². The summed E-state index contributed by atoms with van der Waals surface area (Å²) in [5.74, 6) is -2.41. The predicted octanol–water partition coefficient (Wildman–Crippen LogP) is 2.64. The molecule has 0 aromatic heterocycles. The lowest BCUT2D eigenvalue weighted by Gasteiger charge is -2.34. The molecular weight excluding hydrogens is 470 g/mol. The molecule has 1 fully saturated rings. The summed E-state index contributed by atoms with van der Waals surface area (Å²) in [7, 11) is 2.06. The number of carbonyl (C=O) groups is 3. The highest BCUT2D eigenvalue weighted by atomic mass is 16.5. The molecule has 206 valence electrons. The van der Waals surface area contributed by atoms with Gasteiger partial charge in [-0.25, -0.2) is 5.48 Å². The second-order valence-corrected chi connectivity index (χ2v) is 10.8. The van der Waals surface area contributed by atoms with Crippen LogP contribution in [0.25, 0.3) is 6.08 Å². The van der Waals surface area contributed by atoms with E-state index in [0.29, 0.717) is 13.0 Å². The minimum Gasteiger partial charge on any atom is -0.304 e. The minimum atomic E-state index is -0.791. The lowest BCUT2D eigenvalue weighted by Crippen LogP contribution is -2.55. The van der Waals surface area contributed by atoms with Gasteiger partial charge in [0.1, 0.15) is 0 Å². The van der Waals surface area contributed by atoms with E-state index in [1.54, 1.807) is 5.48 Å². The van der Waals surface area contributed by atoms with Crippen LogP contribution in [0.5, 0.6) is 0 Å². The molecule has 0 radical (unpaired) electrons. The number of hydroxylamine groups is 1. The third kappa shape index (κ3) is 10.6. The molecule has 2 atom stereocenters. The first-order chi connectivity index (χ1) is 17.6. The number of hydrogen-bond acceptors (Lipinski definition) is 6. The van der Waals surface area contributed by atoms with Crippen LogP contribution in [0.1, 0.15) is 46.1 Å². The Hall–Kier alpha value is -2.75. The van der Waals surface area contributed by atoms with Crippen molar-refractivity contribution in [3.63, 3.8) is 0 Å². The van der Waals surface area contributed by atoms with Crippen LogP contribution < -0.4 is 10.9 Å². The summed E-state index contributed by atoms with van der Waals surface area (Å²) in [5.41, 5.74) is 5.57. The van der Waals surface area contributed by atoms with Crippen molar-refractivity contribution < 1.29 is 19.6 Å². The molecule has 37 heavy (non-hydrogen) atoms. The van der Waals surface area contributed by atoms with Crippen molar-refractivity contribution in [1.82, 2.24) is 25.7 Å². The van der Waals surface area contributed by atoms with Crippen LogP contribution in [0, 0.1) is 23.7 Å². The standard InChI is InChI=1S/C28H45N5O4/c1-21(2)18-25(24(28(36)30-37)13-9-12-23-10-7-6-8-11-23)27(35)29-33(19-22(3)4)26(34)20-32-16-14-31(5)15-17-32/h6-12,21-22,24-25,37H,13-20H2,1-5H3,(H,29,35)(H,30,36)/b12-9+/t24-,25+/m0/s1. The highest BCUT2D eigenvalue weighted by Crippen LogP contribution is 2.25. The van der Waals surface area contributed by atoms with E-state index < -0.39 is 17.7 Å². The molecule has 2 rings (SSSR count). The third-order valence-electron chi connectivity index (χ3n) is 6.54. The molecule has 1 aromatic rings. The first-order valence-corrected chi connectivity index (χ1v) is 13.3. The summed E-state index contributed by atoms with van der Waals surface area (Å²) in [5, 5.41) is 10.9. The normalized spacial score (nSPS) is 16.6. The molecule has 0 aliphatic carbocycles. The molecule has 0 bridgehead atoms. The monoisotopic (exact) mass is 515 g/mol. The molecule has 0 spiro atoms. The van der Waals surface area contributed by atoms with E-state index in [9.17, 15) is 19.6 Å².